The normalized spacial score (nSPS) is 11.7. The highest BCUT2D eigenvalue weighted by Gasteiger charge is 2.14. The zero-order valence-electron chi connectivity index (χ0n) is 12.5. The molecule has 0 aliphatic carbocycles. The molecule has 2 aromatic rings. The zero-order valence-corrected chi connectivity index (χ0v) is 12.5. The van der Waals surface area contributed by atoms with Gasteiger partial charge in [0.25, 0.3) is 5.56 Å². The van der Waals surface area contributed by atoms with Crippen molar-refractivity contribution in [1.29, 1.82) is 0 Å². The fourth-order valence-corrected chi connectivity index (χ4v) is 2.20. The lowest BCUT2D eigenvalue weighted by Gasteiger charge is -2.10. The molecule has 0 radical (unpaired) electrons. The summed E-state index contributed by atoms with van der Waals surface area (Å²) >= 11 is 0. The minimum absolute atomic E-state index is 0.224. The summed E-state index contributed by atoms with van der Waals surface area (Å²) in [6.45, 7) is 7.44. The van der Waals surface area contributed by atoms with Crippen molar-refractivity contribution < 1.29 is 10.3 Å². The number of nitrogens with zero attached hydrogens (tertiary/aromatic N) is 2. The second kappa shape index (κ2) is 5.44. The highest BCUT2D eigenvalue weighted by molar-refractivity contribution is 6.03. The van der Waals surface area contributed by atoms with Gasteiger partial charge in [-0.2, -0.15) is 0 Å². The minimum Gasteiger partial charge on any atom is -0.492 e. The Morgan fingerprint density at radius 2 is 1.76 bits per heavy atom. The SMILES string of the molecule is CC(=Nc1ccc(C)c(C)c1)c1c(C)cc(=O)n(O)c1O. The molecule has 0 unspecified atom stereocenters. The molecular weight excluding hydrogens is 268 g/mol. The molecule has 1 aromatic carbocycles. The summed E-state index contributed by atoms with van der Waals surface area (Å²) in [7, 11) is 0. The summed E-state index contributed by atoms with van der Waals surface area (Å²) < 4.78 is 0.224. The first kappa shape index (κ1) is 14.8. The molecule has 2 N–H and O–H groups in total. The van der Waals surface area contributed by atoms with Crippen molar-refractivity contribution in [2.24, 2.45) is 4.99 Å². The Balaban J connectivity index is 2.56. The van der Waals surface area contributed by atoms with Gasteiger partial charge >= 0.3 is 0 Å². The molecule has 0 atom stereocenters. The molecule has 2 rings (SSSR count). The summed E-state index contributed by atoms with van der Waals surface area (Å²) in [4.78, 5) is 15.8. The average Bonchev–Trinajstić information content (AvgIpc) is 2.40. The van der Waals surface area contributed by atoms with Crippen molar-refractivity contribution in [3.63, 3.8) is 0 Å². The summed E-state index contributed by atoms with van der Waals surface area (Å²) in [5, 5.41) is 19.4. The van der Waals surface area contributed by atoms with E-state index in [1.165, 1.54) is 11.6 Å². The van der Waals surface area contributed by atoms with Gasteiger partial charge in [0.05, 0.1) is 17.0 Å². The first-order valence-electron chi connectivity index (χ1n) is 6.59. The minimum atomic E-state index is -0.673. The number of aliphatic imine (C=N–C) groups is 1. The van der Waals surface area contributed by atoms with E-state index in [0.29, 0.717) is 16.8 Å². The van der Waals surface area contributed by atoms with Crippen LogP contribution in [0.5, 0.6) is 5.88 Å². The number of hydrogen-bond donors (Lipinski definition) is 2. The van der Waals surface area contributed by atoms with Gasteiger partial charge in [-0.3, -0.25) is 9.79 Å². The summed E-state index contributed by atoms with van der Waals surface area (Å²) in [5.41, 5.74) is 3.82. The lowest BCUT2D eigenvalue weighted by molar-refractivity contribution is 0.143. The van der Waals surface area contributed by atoms with Gasteiger partial charge in [0.1, 0.15) is 0 Å². The average molecular weight is 286 g/mol. The van der Waals surface area contributed by atoms with E-state index in [2.05, 4.69) is 4.99 Å². The van der Waals surface area contributed by atoms with Crippen LogP contribution in [0.4, 0.5) is 5.69 Å². The van der Waals surface area contributed by atoms with E-state index >= 15 is 0 Å². The summed E-state index contributed by atoms with van der Waals surface area (Å²) in [6, 6.07) is 7.06. The molecule has 110 valence electrons. The maximum Gasteiger partial charge on any atom is 0.286 e. The van der Waals surface area contributed by atoms with Crippen LogP contribution in [0.2, 0.25) is 0 Å². The van der Waals surface area contributed by atoms with Gasteiger partial charge in [-0.1, -0.05) is 6.07 Å². The first-order chi connectivity index (χ1) is 9.81. The number of aryl methyl sites for hydroxylation is 3. The van der Waals surface area contributed by atoms with Crippen LogP contribution in [0.3, 0.4) is 0 Å². The van der Waals surface area contributed by atoms with E-state index in [0.717, 1.165) is 11.3 Å². The molecular formula is C16H18N2O3. The highest BCUT2D eigenvalue weighted by atomic mass is 16.5. The zero-order chi connectivity index (χ0) is 15.7. The van der Waals surface area contributed by atoms with E-state index in [1.807, 2.05) is 32.0 Å². The molecule has 0 aliphatic heterocycles. The molecule has 0 amide bonds. The second-order valence-electron chi connectivity index (χ2n) is 5.14. The third-order valence-electron chi connectivity index (χ3n) is 3.52. The Labute approximate surface area is 122 Å². The van der Waals surface area contributed by atoms with E-state index in [4.69, 9.17) is 0 Å². The van der Waals surface area contributed by atoms with Gasteiger partial charge in [-0.05, 0) is 56.5 Å². The van der Waals surface area contributed by atoms with E-state index in [1.54, 1.807) is 13.8 Å². The summed E-state index contributed by atoms with van der Waals surface area (Å²) in [5.74, 6) is -0.495. The third-order valence-corrected chi connectivity index (χ3v) is 3.52. The van der Waals surface area contributed by atoms with Crippen LogP contribution < -0.4 is 5.56 Å². The standard InChI is InChI=1S/C16H18N2O3/c1-9-5-6-13(7-10(9)2)17-12(4)15-11(3)8-14(19)18(21)16(15)20/h5-8,20-21H,1-4H3. The van der Waals surface area contributed by atoms with Crippen LogP contribution >= 0.6 is 0 Å². The second-order valence-corrected chi connectivity index (χ2v) is 5.14. The van der Waals surface area contributed by atoms with Gasteiger partial charge in [0, 0.05) is 6.07 Å². The predicted molar refractivity (Wildman–Crippen MR) is 82.1 cm³/mol. The van der Waals surface area contributed by atoms with Gasteiger partial charge in [0.15, 0.2) is 0 Å². The fraction of sp³-hybridized carbons (Fsp3) is 0.250. The van der Waals surface area contributed by atoms with Crippen LogP contribution in [-0.2, 0) is 0 Å². The number of benzene rings is 1. The molecule has 21 heavy (non-hydrogen) atoms. The van der Waals surface area contributed by atoms with Crippen LogP contribution in [0, 0.1) is 20.8 Å². The van der Waals surface area contributed by atoms with E-state index < -0.39 is 11.4 Å². The van der Waals surface area contributed by atoms with Gasteiger partial charge in [0.2, 0.25) is 5.88 Å². The van der Waals surface area contributed by atoms with E-state index in [9.17, 15) is 15.1 Å². The quantitative estimate of drug-likeness (QED) is 0.658. The fourth-order valence-electron chi connectivity index (χ4n) is 2.20. The maximum atomic E-state index is 11.4. The van der Waals surface area contributed by atoms with Crippen LogP contribution in [-0.4, -0.2) is 20.8 Å². The molecule has 0 fully saturated rings. The smallest absolute Gasteiger partial charge is 0.286 e. The van der Waals surface area contributed by atoms with Gasteiger partial charge in [-0.15, -0.1) is 4.73 Å². The predicted octanol–water partition coefficient (Wildman–Crippen LogP) is 2.86. The van der Waals surface area contributed by atoms with Crippen molar-refractivity contribution in [3.05, 3.63) is 56.9 Å². The number of hydrogen-bond acceptors (Lipinski definition) is 4. The Hall–Kier alpha value is -2.56. The van der Waals surface area contributed by atoms with Gasteiger partial charge in [-0.25, -0.2) is 0 Å². The van der Waals surface area contributed by atoms with Gasteiger partial charge < -0.3 is 10.3 Å². The molecule has 0 bridgehead atoms. The third kappa shape index (κ3) is 2.81. The molecule has 5 nitrogen and oxygen atoms in total. The molecule has 0 aliphatic rings. The Morgan fingerprint density at radius 1 is 1.10 bits per heavy atom. The maximum absolute atomic E-state index is 11.4. The number of pyridine rings is 1. The molecule has 0 saturated carbocycles. The molecule has 0 saturated heterocycles. The van der Waals surface area contributed by atoms with Crippen molar-refractivity contribution >= 4 is 11.4 Å². The topological polar surface area (TPSA) is 74.8 Å². The lowest BCUT2D eigenvalue weighted by Crippen LogP contribution is -2.20. The Kier molecular flexibility index (Phi) is 3.84. The largest absolute Gasteiger partial charge is 0.492 e. The Morgan fingerprint density at radius 3 is 2.38 bits per heavy atom. The number of aromatic hydroxyl groups is 1. The highest BCUT2D eigenvalue weighted by Crippen LogP contribution is 2.23. The summed E-state index contributed by atoms with van der Waals surface area (Å²) in [6.07, 6.45) is 0. The van der Waals surface area contributed by atoms with Crippen LogP contribution in [0.1, 0.15) is 29.2 Å². The molecule has 1 aromatic heterocycles. The lowest BCUT2D eigenvalue weighted by atomic mass is 10.1. The molecule has 1 heterocycles. The van der Waals surface area contributed by atoms with Crippen LogP contribution in [0.15, 0.2) is 34.1 Å². The monoisotopic (exact) mass is 286 g/mol. The van der Waals surface area contributed by atoms with Crippen molar-refractivity contribution in [2.75, 3.05) is 0 Å². The molecule has 0 spiro atoms. The van der Waals surface area contributed by atoms with Crippen LogP contribution in [0.25, 0.3) is 0 Å². The van der Waals surface area contributed by atoms with Crippen molar-refractivity contribution in [2.45, 2.75) is 27.7 Å². The molecule has 5 heteroatoms. The number of aromatic nitrogens is 1. The Bertz CT molecular complexity index is 789. The first-order valence-corrected chi connectivity index (χ1v) is 6.59. The number of rotatable bonds is 2. The van der Waals surface area contributed by atoms with Crippen molar-refractivity contribution in [1.82, 2.24) is 4.73 Å². The van der Waals surface area contributed by atoms with Crippen molar-refractivity contribution in [3.8, 4) is 5.88 Å². The van der Waals surface area contributed by atoms with E-state index in [-0.39, 0.29) is 4.73 Å².